The third-order valence-electron chi connectivity index (χ3n) is 1.94. The highest BCUT2D eigenvalue weighted by Gasteiger charge is 2.06. The van der Waals surface area contributed by atoms with Gasteiger partial charge in [0.05, 0.1) is 29.4 Å². The maximum absolute atomic E-state index is 11.5. The van der Waals surface area contributed by atoms with E-state index in [9.17, 15) is 4.79 Å². The van der Waals surface area contributed by atoms with Crippen molar-refractivity contribution in [2.45, 2.75) is 19.8 Å². The second-order valence-corrected chi connectivity index (χ2v) is 4.36. The average molecular weight is 302 g/mol. The highest BCUT2D eigenvalue weighted by Crippen LogP contribution is 2.21. The monoisotopic (exact) mass is 301 g/mol. The molecule has 1 aromatic rings. The van der Waals surface area contributed by atoms with E-state index in [1.165, 1.54) is 6.20 Å². The Morgan fingerprint density at radius 2 is 2.35 bits per heavy atom. The lowest BCUT2D eigenvalue weighted by Crippen LogP contribution is -2.15. The standard InChI is InChI=1S/C11H16BrN3O2/c1-2-4-17-5-3-10(16)15-11-9(12)6-8(13)7-14-11/h6-7H,2-5,13H2,1H3,(H,14,15,16). The van der Waals surface area contributed by atoms with Crippen molar-refractivity contribution in [2.75, 3.05) is 24.3 Å². The molecule has 17 heavy (non-hydrogen) atoms. The first-order valence-electron chi connectivity index (χ1n) is 5.42. The molecule has 0 aromatic carbocycles. The van der Waals surface area contributed by atoms with Crippen LogP contribution < -0.4 is 11.1 Å². The minimum Gasteiger partial charge on any atom is -0.397 e. The minimum absolute atomic E-state index is 0.126. The Morgan fingerprint density at radius 3 is 3.00 bits per heavy atom. The average Bonchev–Trinajstić information content (AvgIpc) is 2.28. The number of hydrogen-bond donors (Lipinski definition) is 2. The van der Waals surface area contributed by atoms with Crippen molar-refractivity contribution in [1.29, 1.82) is 0 Å². The lowest BCUT2D eigenvalue weighted by atomic mass is 10.4. The molecule has 0 spiro atoms. The zero-order valence-corrected chi connectivity index (χ0v) is 11.3. The molecule has 1 amide bonds. The number of pyridine rings is 1. The number of rotatable bonds is 6. The molecule has 0 saturated heterocycles. The van der Waals surface area contributed by atoms with Gasteiger partial charge in [-0.15, -0.1) is 0 Å². The van der Waals surface area contributed by atoms with Gasteiger partial charge in [-0.1, -0.05) is 6.92 Å². The van der Waals surface area contributed by atoms with Gasteiger partial charge in [0.25, 0.3) is 0 Å². The van der Waals surface area contributed by atoms with Gasteiger partial charge in [-0.2, -0.15) is 0 Å². The highest BCUT2D eigenvalue weighted by molar-refractivity contribution is 9.10. The molecule has 0 aliphatic carbocycles. The summed E-state index contributed by atoms with van der Waals surface area (Å²) in [6.07, 6.45) is 2.76. The first kappa shape index (κ1) is 13.9. The molecular weight excluding hydrogens is 286 g/mol. The quantitative estimate of drug-likeness (QED) is 0.790. The van der Waals surface area contributed by atoms with E-state index in [0.717, 1.165) is 6.42 Å². The molecule has 5 nitrogen and oxygen atoms in total. The SMILES string of the molecule is CCCOCCC(=O)Nc1ncc(N)cc1Br. The maximum Gasteiger partial charge on any atom is 0.227 e. The van der Waals surface area contributed by atoms with E-state index in [4.69, 9.17) is 10.5 Å². The fraction of sp³-hybridized carbons (Fsp3) is 0.455. The van der Waals surface area contributed by atoms with Crippen LogP contribution in [-0.4, -0.2) is 24.1 Å². The van der Waals surface area contributed by atoms with Crippen molar-refractivity contribution in [3.05, 3.63) is 16.7 Å². The van der Waals surface area contributed by atoms with Gasteiger partial charge in [0.2, 0.25) is 5.91 Å². The molecular formula is C11H16BrN3O2. The number of nitrogens with one attached hydrogen (secondary N) is 1. The van der Waals surface area contributed by atoms with E-state index in [-0.39, 0.29) is 5.91 Å². The minimum atomic E-state index is -0.126. The van der Waals surface area contributed by atoms with Crippen LogP contribution in [0.5, 0.6) is 0 Å². The second kappa shape index (κ2) is 7.24. The van der Waals surface area contributed by atoms with Gasteiger partial charge in [0.1, 0.15) is 5.82 Å². The summed E-state index contributed by atoms with van der Waals surface area (Å²) >= 11 is 3.28. The normalized spacial score (nSPS) is 10.2. The van der Waals surface area contributed by atoms with Gasteiger partial charge in [0, 0.05) is 6.61 Å². The second-order valence-electron chi connectivity index (χ2n) is 3.51. The summed E-state index contributed by atoms with van der Waals surface area (Å²) in [7, 11) is 0. The Morgan fingerprint density at radius 1 is 1.59 bits per heavy atom. The zero-order chi connectivity index (χ0) is 12.7. The first-order valence-corrected chi connectivity index (χ1v) is 6.21. The van der Waals surface area contributed by atoms with Crippen molar-refractivity contribution < 1.29 is 9.53 Å². The zero-order valence-electron chi connectivity index (χ0n) is 9.70. The summed E-state index contributed by atoms with van der Waals surface area (Å²) in [4.78, 5) is 15.5. The fourth-order valence-corrected chi connectivity index (χ4v) is 1.62. The van der Waals surface area contributed by atoms with Gasteiger partial charge >= 0.3 is 0 Å². The Hall–Kier alpha value is -1.14. The number of ether oxygens (including phenoxy) is 1. The lowest BCUT2D eigenvalue weighted by molar-refractivity contribution is -0.117. The highest BCUT2D eigenvalue weighted by atomic mass is 79.9. The first-order chi connectivity index (χ1) is 8.13. The molecule has 0 unspecified atom stereocenters. The molecule has 0 fully saturated rings. The summed E-state index contributed by atoms with van der Waals surface area (Å²) in [5, 5.41) is 2.68. The summed E-state index contributed by atoms with van der Waals surface area (Å²) in [6.45, 7) is 3.12. The largest absolute Gasteiger partial charge is 0.397 e. The smallest absolute Gasteiger partial charge is 0.227 e. The fourth-order valence-electron chi connectivity index (χ4n) is 1.15. The Kier molecular flexibility index (Phi) is 5.93. The molecule has 0 atom stereocenters. The van der Waals surface area contributed by atoms with Crippen LogP contribution in [-0.2, 0) is 9.53 Å². The van der Waals surface area contributed by atoms with E-state index in [1.54, 1.807) is 6.07 Å². The number of anilines is 2. The third-order valence-corrected chi connectivity index (χ3v) is 2.55. The summed E-state index contributed by atoms with van der Waals surface area (Å²) in [5.41, 5.74) is 6.09. The lowest BCUT2D eigenvalue weighted by Gasteiger charge is -2.07. The van der Waals surface area contributed by atoms with Gasteiger partial charge in [-0.05, 0) is 28.4 Å². The molecule has 3 N–H and O–H groups in total. The molecule has 6 heteroatoms. The van der Waals surface area contributed by atoms with Crippen LogP contribution in [0.2, 0.25) is 0 Å². The maximum atomic E-state index is 11.5. The predicted molar refractivity (Wildman–Crippen MR) is 70.7 cm³/mol. The number of nitrogen functional groups attached to an aromatic ring is 1. The third kappa shape index (κ3) is 5.14. The summed E-state index contributed by atoms with van der Waals surface area (Å²) < 4.78 is 5.89. The van der Waals surface area contributed by atoms with Crippen LogP contribution in [0.3, 0.4) is 0 Å². The Bertz CT molecular complexity index is 385. The van der Waals surface area contributed by atoms with E-state index in [2.05, 4.69) is 26.2 Å². The number of nitrogens with zero attached hydrogens (tertiary/aromatic N) is 1. The van der Waals surface area contributed by atoms with Crippen molar-refractivity contribution in [2.24, 2.45) is 0 Å². The van der Waals surface area contributed by atoms with Gasteiger partial charge < -0.3 is 15.8 Å². The number of aromatic nitrogens is 1. The van der Waals surface area contributed by atoms with Crippen LogP contribution in [0.1, 0.15) is 19.8 Å². The number of halogens is 1. The molecule has 1 aromatic heterocycles. The molecule has 1 rings (SSSR count). The summed E-state index contributed by atoms with van der Waals surface area (Å²) in [5.74, 6) is 0.346. The van der Waals surface area contributed by atoms with Crippen LogP contribution >= 0.6 is 15.9 Å². The number of carbonyl (C=O) groups excluding carboxylic acids is 1. The van der Waals surface area contributed by atoms with Gasteiger partial charge in [0.15, 0.2) is 0 Å². The van der Waals surface area contributed by atoms with Crippen LogP contribution in [0, 0.1) is 0 Å². The number of hydrogen-bond acceptors (Lipinski definition) is 4. The van der Waals surface area contributed by atoms with Crippen molar-refractivity contribution >= 4 is 33.3 Å². The number of carbonyl (C=O) groups is 1. The molecule has 94 valence electrons. The van der Waals surface area contributed by atoms with E-state index < -0.39 is 0 Å². The topological polar surface area (TPSA) is 77.2 Å². The Labute approximate surface area is 109 Å². The predicted octanol–water partition coefficient (Wildman–Crippen LogP) is 2.18. The van der Waals surface area contributed by atoms with E-state index >= 15 is 0 Å². The Balaban J connectivity index is 2.40. The molecule has 0 aliphatic rings. The van der Waals surface area contributed by atoms with Gasteiger partial charge in [-0.3, -0.25) is 4.79 Å². The van der Waals surface area contributed by atoms with Gasteiger partial charge in [-0.25, -0.2) is 4.98 Å². The van der Waals surface area contributed by atoms with Crippen molar-refractivity contribution in [3.63, 3.8) is 0 Å². The summed E-state index contributed by atoms with van der Waals surface area (Å²) in [6, 6.07) is 1.69. The van der Waals surface area contributed by atoms with Crippen LogP contribution in [0.4, 0.5) is 11.5 Å². The molecule has 0 aliphatic heterocycles. The molecule has 0 radical (unpaired) electrons. The molecule has 1 heterocycles. The van der Waals surface area contributed by atoms with E-state index in [1.807, 2.05) is 6.92 Å². The van der Waals surface area contributed by atoms with Crippen molar-refractivity contribution in [3.8, 4) is 0 Å². The molecule has 0 saturated carbocycles. The van der Waals surface area contributed by atoms with Crippen LogP contribution in [0.25, 0.3) is 0 Å². The van der Waals surface area contributed by atoms with E-state index in [0.29, 0.717) is 35.6 Å². The van der Waals surface area contributed by atoms with Crippen molar-refractivity contribution in [1.82, 2.24) is 4.98 Å². The molecule has 0 bridgehead atoms. The van der Waals surface area contributed by atoms with Crippen LogP contribution in [0.15, 0.2) is 16.7 Å². The number of amides is 1. The number of nitrogens with two attached hydrogens (primary N) is 1.